The molecule has 1 aliphatic heterocycles. The summed E-state index contributed by atoms with van der Waals surface area (Å²) in [5.41, 5.74) is 13.4. The summed E-state index contributed by atoms with van der Waals surface area (Å²) in [6.45, 7) is 13.8. The fourth-order valence-electron chi connectivity index (χ4n) is 9.85. The van der Waals surface area contributed by atoms with Crippen molar-refractivity contribution in [3.05, 3.63) is 70.9 Å². The van der Waals surface area contributed by atoms with Crippen molar-refractivity contribution in [1.82, 2.24) is 14.0 Å². The number of rotatable bonds is 6. The summed E-state index contributed by atoms with van der Waals surface area (Å²) in [7, 11) is 0.385. The van der Waals surface area contributed by atoms with E-state index in [1.165, 1.54) is 85.0 Å². The molecule has 1 aromatic heterocycles. The number of halogens is 2. The monoisotopic (exact) mass is 939 g/mol. The quantitative estimate of drug-likeness (QED) is 0.179. The first-order valence-electron chi connectivity index (χ1n) is 20.2. The van der Waals surface area contributed by atoms with Crippen molar-refractivity contribution in [3.63, 3.8) is 0 Å². The summed E-state index contributed by atoms with van der Waals surface area (Å²) in [4.78, 5) is 14.3. The molecule has 0 atom stereocenters. The van der Waals surface area contributed by atoms with E-state index in [1.54, 1.807) is 77.0 Å². The summed E-state index contributed by atoms with van der Waals surface area (Å²) in [6, 6.07) is 8.96. The van der Waals surface area contributed by atoms with E-state index in [1.807, 2.05) is 4.90 Å². The van der Waals surface area contributed by atoms with Crippen LogP contribution in [0.3, 0.4) is 0 Å². The molecule has 52 heavy (non-hydrogen) atoms. The Morgan fingerprint density at radius 1 is 0.596 bits per heavy atom. The van der Waals surface area contributed by atoms with Gasteiger partial charge in [0.2, 0.25) is 0 Å². The Morgan fingerprint density at radius 2 is 0.962 bits per heavy atom. The van der Waals surface area contributed by atoms with E-state index in [4.69, 9.17) is 0 Å². The van der Waals surface area contributed by atoms with Gasteiger partial charge >= 0.3 is 221 Å². The summed E-state index contributed by atoms with van der Waals surface area (Å²) < 4.78 is 9.99. The van der Waals surface area contributed by atoms with Gasteiger partial charge in [-0.25, -0.2) is 0 Å². The SMILES string of the molecule is C1CCC(P(C2CCCCC2)C2CCCCC2)CC1.Cc1cc(C)c(-n2c(Br)c(Br)n(-c3c(C)cc(C)cc3C)[c]2=[Ru]=[CH]N2CCCC2=O)c(C)c1. The Hall–Kier alpha value is -0.997. The zero-order chi connectivity index (χ0) is 36.9. The molecule has 0 N–H and O–H groups in total. The molecule has 3 aliphatic carbocycles. The average Bonchev–Trinajstić information content (AvgIpc) is 3.64. The van der Waals surface area contributed by atoms with Crippen LogP contribution in [-0.2, 0) is 21.0 Å². The topological polar surface area (TPSA) is 30.2 Å². The minimum absolute atomic E-state index is 0.234. The molecule has 2 aromatic carbocycles. The van der Waals surface area contributed by atoms with E-state index >= 15 is 0 Å². The maximum absolute atomic E-state index is 12.3. The number of hydrogen-bond donors (Lipinski definition) is 0. The number of nitrogens with zero attached hydrogens (tertiary/aromatic N) is 3. The summed E-state index contributed by atoms with van der Waals surface area (Å²) in [5.74, 6) is 0.234. The predicted octanol–water partition coefficient (Wildman–Crippen LogP) is 13.1. The molecule has 7 rings (SSSR count). The van der Waals surface area contributed by atoms with Gasteiger partial charge in [0.05, 0.1) is 0 Å². The third kappa shape index (κ3) is 9.33. The second kappa shape index (κ2) is 18.8. The van der Waals surface area contributed by atoms with Crippen molar-refractivity contribution in [1.29, 1.82) is 0 Å². The van der Waals surface area contributed by atoms with E-state index in [0.29, 0.717) is 14.3 Å². The molecule has 0 unspecified atom stereocenters. The van der Waals surface area contributed by atoms with Crippen LogP contribution in [0.15, 0.2) is 33.5 Å². The number of hydrogen-bond acceptors (Lipinski definition) is 1. The van der Waals surface area contributed by atoms with Crippen LogP contribution in [0.25, 0.3) is 11.4 Å². The second-order valence-electron chi connectivity index (χ2n) is 16.2. The van der Waals surface area contributed by atoms with Gasteiger partial charge in [-0.15, -0.1) is 0 Å². The van der Waals surface area contributed by atoms with Gasteiger partial charge in [0.15, 0.2) is 0 Å². The number of imidazole rings is 1. The summed E-state index contributed by atoms with van der Waals surface area (Å²) in [5, 5.41) is 0. The van der Waals surface area contributed by atoms with Crippen LogP contribution in [0, 0.1) is 45.6 Å². The van der Waals surface area contributed by atoms with E-state index in [9.17, 15) is 4.79 Å². The van der Waals surface area contributed by atoms with E-state index < -0.39 is 16.2 Å². The molecule has 3 aromatic rings. The molecule has 4 aliphatic rings. The van der Waals surface area contributed by atoms with Crippen LogP contribution in [-0.4, -0.2) is 48.2 Å². The fourth-order valence-corrected chi connectivity index (χ4v) is 18.3. The van der Waals surface area contributed by atoms with Crippen LogP contribution >= 0.6 is 39.8 Å². The standard InChI is InChI=1S/C21H22Br2N2.C18H33P.C5H7NO.Ru/c1-12-7-14(3)18(15(4)8-12)24-11-25(21(23)20(24)22)19-16(5)9-13(2)10-17(19)6;1-4-10-16(11-5-1)19(17-12-6-2-7-13-17)18-14-8-3-9-15-18;1-6-4-2-3-5(6)7;/h7-10H,1-6H3;16-18H,1-15H2;1H,2-4H2;. The molecule has 2 heterocycles. The Morgan fingerprint density at radius 3 is 1.29 bits per heavy atom. The molecule has 286 valence electrons. The van der Waals surface area contributed by atoms with Crippen molar-refractivity contribution >= 4 is 50.4 Å². The number of amides is 1. The summed E-state index contributed by atoms with van der Waals surface area (Å²) >= 11 is 7.44. The van der Waals surface area contributed by atoms with Gasteiger partial charge in [-0.05, 0) is 55.5 Å². The number of carbonyl (C=O) groups excluding carboxylic acids is 1. The normalized spacial score (nSPS) is 19.3. The molecule has 8 heteroatoms. The molecule has 4 fully saturated rings. The Labute approximate surface area is 339 Å². The van der Waals surface area contributed by atoms with Gasteiger partial charge in [0.1, 0.15) is 0 Å². The molecule has 4 nitrogen and oxygen atoms in total. The van der Waals surface area contributed by atoms with E-state index in [2.05, 4.69) is 112 Å². The molecule has 1 saturated heterocycles. The minimum atomic E-state index is -0.396. The van der Waals surface area contributed by atoms with Crippen molar-refractivity contribution in [2.75, 3.05) is 6.54 Å². The molecule has 1 amide bonds. The molecule has 0 bridgehead atoms. The fraction of sp³-hybridized carbons (Fsp3) is 0.614. The molecular formula is C44H62Br2N3OPRu. The second-order valence-corrected chi connectivity index (χ2v) is 22.5. The number of benzene rings is 2. The average molecular weight is 941 g/mol. The number of aromatic nitrogens is 2. The first-order valence-corrected chi connectivity index (χ1v) is 25.2. The Kier molecular flexibility index (Phi) is 14.7. The van der Waals surface area contributed by atoms with Gasteiger partial charge in [0.25, 0.3) is 0 Å². The molecule has 0 spiro atoms. The van der Waals surface area contributed by atoms with Crippen molar-refractivity contribution in [2.45, 2.75) is 168 Å². The van der Waals surface area contributed by atoms with Crippen LogP contribution < -0.4 is 0 Å². The van der Waals surface area contributed by atoms with Crippen molar-refractivity contribution < 1.29 is 21.0 Å². The number of aryl methyl sites for hydroxylation is 6. The van der Waals surface area contributed by atoms with Gasteiger partial charge in [0, 0.05) is 0 Å². The third-order valence-electron chi connectivity index (χ3n) is 12.0. The summed E-state index contributed by atoms with van der Waals surface area (Å²) in [6.07, 6.45) is 25.2. The molecule has 3 saturated carbocycles. The van der Waals surface area contributed by atoms with Gasteiger partial charge in [-0.1, -0.05) is 65.7 Å². The maximum atomic E-state index is 12.3. The van der Waals surface area contributed by atoms with Gasteiger partial charge in [-0.3, -0.25) is 0 Å². The Bertz CT molecular complexity index is 1670. The van der Waals surface area contributed by atoms with E-state index in [0.717, 1.165) is 22.2 Å². The predicted molar refractivity (Wildman–Crippen MR) is 227 cm³/mol. The van der Waals surface area contributed by atoms with Gasteiger partial charge in [-0.2, -0.15) is 0 Å². The number of likely N-dealkylation sites (tertiary alicyclic amines) is 1. The molecular weight excluding hydrogens is 878 g/mol. The third-order valence-corrected chi connectivity index (χ3v) is 20.0. The number of carbonyl (C=O) groups is 1. The van der Waals surface area contributed by atoms with Crippen molar-refractivity contribution in [2.24, 2.45) is 0 Å². The van der Waals surface area contributed by atoms with Crippen LogP contribution in [0.4, 0.5) is 0 Å². The van der Waals surface area contributed by atoms with Gasteiger partial charge < -0.3 is 0 Å². The zero-order valence-electron chi connectivity index (χ0n) is 32.7. The van der Waals surface area contributed by atoms with Crippen molar-refractivity contribution in [3.8, 4) is 11.4 Å². The van der Waals surface area contributed by atoms with E-state index in [-0.39, 0.29) is 5.91 Å². The first-order chi connectivity index (χ1) is 25.0. The first kappa shape index (κ1) is 40.7. The van der Waals surface area contributed by atoms with Crippen LogP contribution in [0.2, 0.25) is 0 Å². The molecule has 0 radical (unpaired) electrons. The van der Waals surface area contributed by atoms with Crippen LogP contribution in [0.1, 0.15) is 143 Å². The van der Waals surface area contributed by atoms with Crippen LogP contribution in [0.5, 0.6) is 0 Å². The Balaban J connectivity index is 0.000000206. The zero-order valence-corrected chi connectivity index (χ0v) is 38.5.